The van der Waals surface area contributed by atoms with Crippen molar-refractivity contribution in [2.75, 3.05) is 26.9 Å². The van der Waals surface area contributed by atoms with Crippen molar-refractivity contribution in [3.63, 3.8) is 0 Å². The van der Waals surface area contributed by atoms with Crippen molar-refractivity contribution < 1.29 is 57.5 Å². The molecule has 0 aromatic heterocycles. The smallest absolute Gasteiger partial charge is 0.404 e. The molecule has 0 aromatic carbocycles. The molecule has 0 spiro atoms. The molecule has 3 saturated heterocycles. The molecule has 7 N–H and O–H groups in total. The number of nitrogens with two attached hydrogens (primary N) is 2. The highest BCUT2D eigenvalue weighted by Crippen LogP contribution is 2.72. The van der Waals surface area contributed by atoms with E-state index in [1.165, 1.54) is 26.2 Å². The van der Waals surface area contributed by atoms with Gasteiger partial charge in [-0.3, -0.25) is 19.2 Å². The van der Waals surface area contributed by atoms with Crippen molar-refractivity contribution in [2.45, 2.75) is 107 Å². The number of aliphatic hydroxyl groups is 2. The zero-order chi connectivity index (χ0) is 40.0. The zero-order valence-corrected chi connectivity index (χ0v) is 31.8. The highest BCUT2D eigenvalue weighted by atomic mass is 19.1. The van der Waals surface area contributed by atoms with Crippen LogP contribution in [-0.4, -0.2) is 118 Å². The minimum atomic E-state index is -1.98. The molecule has 16 heteroatoms. The van der Waals surface area contributed by atoms with Gasteiger partial charge in [0.1, 0.15) is 13.2 Å². The van der Waals surface area contributed by atoms with Crippen LogP contribution in [0.4, 0.5) is 9.18 Å². The van der Waals surface area contributed by atoms with Gasteiger partial charge in [0.05, 0.1) is 35.6 Å². The van der Waals surface area contributed by atoms with Gasteiger partial charge in [-0.15, -0.1) is 0 Å². The van der Waals surface area contributed by atoms with Crippen LogP contribution in [0.1, 0.15) is 60.3 Å². The van der Waals surface area contributed by atoms with Crippen molar-refractivity contribution in [3.05, 3.63) is 46.3 Å². The Morgan fingerprint density at radius 2 is 1.85 bits per heavy atom. The molecule has 0 bridgehead atoms. The molecule has 0 aromatic rings. The van der Waals surface area contributed by atoms with Crippen molar-refractivity contribution in [1.29, 1.82) is 0 Å². The Morgan fingerprint density at radius 3 is 2.51 bits per heavy atom. The fourth-order valence-corrected chi connectivity index (χ4v) is 12.2. The molecule has 5 aliphatic carbocycles. The second-order valence-electron chi connectivity index (χ2n) is 17.4. The normalized spacial score (nSPS) is 45.4. The van der Waals surface area contributed by atoms with Crippen LogP contribution in [0.15, 0.2) is 46.3 Å². The van der Waals surface area contributed by atoms with Crippen LogP contribution in [0, 0.1) is 28.6 Å². The number of methoxy groups -OCH3 is 1. The Kier molecular flexibility index (Phi) is 8.22. The number of piperazine rings is 1. The molecule has 0 radical (unpaired) electrons. The van der Waals surface area contributed by atoms with Crippen molar-refractivity contribution in [3.8, 4) is 0 Å². The van der Waals surface area contributed by atoms with E-state index in [2.05, 4.69) is 5.32 Å². The Bertz CT molecular complexity index is 1960. The summed E-state index contributed by atoms with van der Waals surface area (Å²) >= 11 is 0. The van der Waals surface area contributed by atoms with Crippen LogP contribution >= 0.6 is 0 Å². The summed E-state index contributed by atoms with van der Waals surface area (Å²) in [7, 11) is 1.52. The number of aliphatic hydroxyl groups excluding tert-OH is 2. The van der Waals surface area contributed by atoms with E-state index in [1.807, 2.05) is 11.8 Å². The minimum absolute atomic E-state index is 0.0109. The molecule has 15 nitrogen and oxygen atoms in total. The number of allylic oxidation sites excluding steroid dienone is 6. The van der Waals surface area contributed by atoms with E-state index >= 15 is 4.39 Å². The second kappa shape index (κ2) is 11.9. The highest BCUT2D eigenvalue weighted by Gasteiger charge is 2.80. The first-order chi connectivity index (χ1) is 25.7. The van der Waals surface area contributed by atoms with E-state index in [0.29, 0.717) is 31.5 Å². The maximum atomic E-state index is 17.1. The molecule has 6 fully saturated rings. The number of Topliss-reactive ketones (excluding diaryl/α,β-unsaturated/α-hetero) is 3. The Morgan fingerprint density at radius 1 is 1.15 bits per heavy atom. The maximum Gasteiger partial charge on any atom is 0.404 e. The standard InChI is InChI=1S/C24H31FO6.C15H18N4O5/c1-20(2)30-19-10-16-15-6-5-13-9-14(27)7-8-21(13,3)23(15,25)17(28)11-22(16,4)24(19,31-20)18(29)12-26;1-5-9(16)12(21)8-6(4-24-14(17)22)15(23-2)13-7(18-13)3-19(15)10(8)11(5)20/h7-9,15-17,19,26,28H,5-6,10-12H2,1-4H3;6-7,13,18H,3-4,16H2,1-2H3,(H2,17,22)/t15?,16?,17-,19+,21-,22-,23-,24+;6-,7+,13+,15-/m01/s1. The number of alkyl halides is 1. The van der Waals surface area contributed by atoms with Gasteiger partial charge in [0.2, 0.25) is 11.6 Å². The van der Waals surface area contributed by atoms with Gasteiger partial charge < -0.3 is 50.8 Å². The number of halogens is 1. The zero-order valence-electron chi connectivity index (χ0n) is 31.8. The van der Waals surface area contributed by atoms with Crippen LogP contribution in [-0.2, 0) is 38.1 Å². The molecule has 55 heavy (non-hydrogen) atoms. The van der Waals surface area contributed by atoms with Gasteiger partial charge in [0.25, 0.3) is 0 Å². The molecule has 4 heterocycles. The third-order valence-corrected chi connectivity index (χ3v) is 14.7. The molecule has 3 saturated carbocycles. The molecule has 12 atom stereocenters. The van der Waals surface area contributed by atoms with Crippen LogP contribution < -0.4 is 16.8 Å². The van der Waals surface area contributed by atoms with E-state index in [1.54, 1.807) is 26.8 Å². The number of nitrogens with zero attached hydrogens (tertiary/aromatic N) is 1. The molecule has 9 aliphatic rings. The number of primary amides is 1. The molecule has 1 amide bonds. The third kappa shape index (κ3) is 4.60. The number of rotatable bonds is 5. The average molecular weight is 769 g/mol. The number of ether oxygens (including phenoxy) is 4. The van der Waals surface area contributed by atoms with E-state index in [-0.39, 0.29) is 59.4 Å². The first kappa shape index (κ1) is 38.1. The Hall–Kier alpha value is -3.80. The summed E-state index contributed by atoms with van der Waals surface area (Å²) < 4.78 is 40.3. The summed E-state index contributed by atoms with van der Waals surface area (Å²) in [6, 6.07) is 0.109. The van der Waals surface area contributed by atoms with E-state index in [9.17, 15) is 34.2 Å². The first-order valence-corrected chi connectivity index (χ1v) is 18.8. The number of hydrogen-bond donors (Lipinski definition) is 5. The quantitative estimate of drug-likeness (QED) is 0.192. The SMILES string of the molecule is CC1(C)O[C@@H]2CC3C4CCC5=CC(=O)C=C[C@]5(C)[C@@]4(F)[C@@H](O)C[C@]3(C)[C@]2(C(=O)CO)O1.CO[C@@]12[C@H](COC(N)=O)C3=C(C(=O)C(C)=C(N)C3=O)N1C[C@@H]1N[C@@H]12. The van der Waals surface area contributed by atoms with Crippen molar-refractivity contribution in [1.82, 2.24) is 10.2 Å². The summed E-state index contributed by atoms with van der Waals surface area (Å²) in [6.45, 7) is 8.33. The summed E-state index contributed by atoms with van der Waals surface area (Å²) in [4.78, 5) is 63.5. The monoisotopic (exact) mass is 768 g/mol. The topological polar surface area (TPSA) is 240 Å². The van der Waals surface area contributed by atoms with Gasteiger partial charge in [0, 0.05) is 47.6 Å². The largest absolute Gasteiger partial charge is 0.449 e. The number of ketones is 4. The van der Waals surface area contributed by atoms with Crippen LogP contribution in [0.25, 0.3) is 0 Å². The number of nitrogens with one attached hydrogen (secondary N) is 1. The maximum absolute atomic E-state index is 17.1. The van der Waals surface area contributed by atoms with Gasteiger partial charge in [-0.25, -0.2) is 9.18 Å². The fourth-order valence-electron chi connectivity index (χ4n) is 12.2. The van der Waals surface area contributed by atoms with Gasteiger partial charge in [0.15, 0.2) is 34.3 Å². The summed E-state index contributed by atoms with van der Waals surface area (Å²) in [6.07, 6.45) is 3.05. The van der Waals surface area contributed by atoms with Crippen LogP contribution in [0.5, 0.6) is 0 Å². The molecular weight excluding hydrogens is 719 g/mol. The summed E-state index contributed by atoms with van der Waals surface area (Å²) in [5.74, 6) is -3.80. The van der Waals surface area contributed by atoms with Crippen molar-refractivity contribution in [2.24, 2.45) is 40.1 Å². The van der Waals surface area contributed by atoms with Crippen LogP contribution in [0.2, 0.25) is 0 Å². The minimum Gasteiger partial charge on any atom is -0.449 e. The average Bonchev–Trinajstić information content (AvgIpc) is 3.53. The highest BCUT2D eigenvalue weighted by molar-refractivity contribution is 6.25. The molecule has 298 valence electrons. The first-order valence-electron chi connectivity index (χ1n) is 18.8. The number of carbonyl (C=O) groups excluding carboxylic acids is 5. The van der Waals surface area contributed by atoms with Gasteiger partial charge in [-0.2, -0.15) is 0 Å². The molecule has 2 unspecified atom stereocenters. The lowest BCUT2D eigenvalue weighted by molar-refractivity contribution is -0.246. The molecule has 4 aliphatic heterocycles. The fraction of sp³-hybridized carbons (Fsp3) is 0.667. The van der Waals surface area contributed by atoms with Gasteiger partial charge >= 0.3 is 6.09 Å². The number of amides is 1. The Labute approximate surface area is 317 Å². The van der Waals surface area contributed by atoms with Crippen molar-refractivity contribution >= 4 is 29.2 Å². The molecule has 9 rings (SSSR count). The second-order valence-corrected chi connectivity index (χ2v) is 17.4. The van der Waals surface area contributed by atoms with E-state index in [4.69, 9.17) is 30.4 Å². The number of hydrogen-bond acceptors (Lipinski definition) is 14. The molecular formula is C39H49FN4O11. The van der Waals surface area contributed by atoms with Gasteiger partial charge in [-0.05, 0) is 71.4 Å². The van der Waals surface area contributed by atoms with Gasteiger partial charge in [-0.1, -0.05) is 18.6 Å². The number of carbonyl (C=O) groups is 5. The lowest BCUT2D eigenvalue weighted by Crippen LogP contribution is -2.70. The van der Waals surface area contributed by atoms with E-state index in [0.717, 1.165) is 5.57 Å². The van der Waals surface area contributed by atoms with E-state index < -0.39 is 81.9 Å². The lowest BCUT2D eigenvalue weighted by Gasteiger charge is -2.62. The third-order valence-electron chi connectivity index (χ3n) is 14.7. The number of fused-ring (bicyclic) bond motifs is 11. The predicted molar refractivity (Wildman–Crippen MR) is 189 cm³/mol. The Balaban J connectivity index is 0.000000160. The summed E-state index contributed by atoms with van der Waals surface area (Å²) in [5, 5.41) is 24.5. The summed E-state index contributed by atoms with van der Waals surface area (Å²) in [5.41, 5.74) is 6.01. The predicted octanol–water partition coefficient (Wildman–Crippen LogP) is 0.768. The lowest BCUT2D eigenvalue weighted by atomic mass is 9.44. The van der Waals surface area contributed by atoms with Crippen LogP contribution in [0.3, 0.4) is 0 Å².